The van der Waals surface area contributed by atoms with Gasteiger partial charge in [0.2, 0.25) is 10.6 Å². The Morgan fingerprint density at radius 3 is 2.85 bits per heavy atom. The molecule has 7 heteroatoms. The van der Waals surface area contributed by atoms with Crippen LogP contribution in [0.15, 0.2) is 65.0 Å². The lowest BCUT2D eigenvalue weighted by Gasteiger charge is -2.28. The Hall–Kier alpha value is -3.19. The molecule has 2 aromatic heterocycles. The van der Waals surface area contributed by atoms with Crippen molar-refractivity contribution >= 4 is 27.4 Å². The zero-order chi connectivity index (χ0) is 19.0. The number of ether oxygens (including phenoxy) is 2. The molecule has 0 saturated heterocycles. The highest BCUT2D eigenvalue weighted by Gasteiger charge is 2.38. The largest absolute Gasteiger partial charge is 0.462 e. The van der Waals surface area contributed by atoms with Gasteiger partial charge in [0.1, 0.15) is 11.3 Å². The molecule has 1 atom stereocenters. The number of hydrogen-bond donors (Lipinski definition) is 1. The summed E-state index contributed by atoms with van der Waals surface area (Å²) < 4.78 is 11.6. The van der Waals surface area contributed by atoms with E-state index in [4.69, 9.17) is 15.2 Å². The van der Waals surface area contributed by atoms with Gasteiger partial charge in [-0.05, 0) is 30.7 Å². The molecular formula is C20H16N2O4S. The van der Waals surface area contributed by atoms with E-state index >= 15 is 0 Å². The van der Waals surface area contributed by atoms with Crippen LogP contribution in [0.5, 0.6) is 5.75 Å². The van der Waals surface area contributed by atoms with E-state index in [9.17, 15) is 9.59 Å². The number of rotatable bonds is 3. The lowest BCUT2D eigenvalue weighted by Crippen LogP contribution is -2.30. The first-order valence-corrected chi connectivity index (χ1v) is 9.23. The van der Waals surface area contributed by atoms with Crippen LogP contribution in [0.1, 0.15) is 24.0 Å². The van der Waals surface area contributed by atoms with Crippen LogP contribution >= 0.6 is 11.3 Å². The van der Waals surface area contributed by atoms with Crippen molar-refractivity contribution in [3.63, 3.8) is 0 Å². The Bertz CT molecular complexity index is 1120. The minimum Gasteiger partial charge on any atom is -0.462 e. The molecular weight excluding hydrogens is 364 g/mol. The molecule has 0 fully saturated rings. The number of carbonyl (C=O) groups excluding carboxylic acids is 1. The highest BCUT2D eigenvalue weighted by molar-refractivity contribution is 7.16. The molecule has 1 aromatic carbocycles. The Morgan fingerprint density at radius 2 is 2.11 bits per heavy atom. The number of carbonyl (C=O) groups is 1. The van der Waals surface area contributed by atoms with Gasteiger partial charge in [-0.1, -0.05) is 29.5 Å². The van der Waals surface area contributed by atoms with E-state index in [-0.39, 0.29) is 22.8 Å². The van der Waals surface area contributed by atoms with Gasteiger partial charge < -0.3 is 15.2 Å². The summed E-state index contributed by atoms with van der Waals surface area (Å²) in [5.41, 5.74) is 7.31. The quantitative estimate of drug-likeness (QED) is 0.703. The second kappa shape index (κ2) is 6.85. The third-order valence-electron chi connectivity index (χ3n) is 4.37. The smallest absolute Gasteiger partial charge is 0.340 e. The lowest BCUT2D eigenvalue weighted by atomic mass is 9.84. The van der Waals surface area contributed by atoms with Crippen molar-refractivity contribution in [2.45, 2.75) is 12.8 Å². The molecule has 0 saturated carbocycles. The minimum absolute atomic E-state index is 0.0597. The molecule has 1 aliphatic heterocycles. The van der Waals surface area contributed by atoms with Gasteiger partial charge in [0.05, 0.1) is 18.1 Å². The first kappa shape index (κ1) is 17.2. The number of aromatic nitrogens is 1. The first-order valence-electron chi connectivity index (χ1n) is 8.42. The van der Waals surface area contributed by atoms with E-state index in [1.54, 1.807) is 31.5 Å². The number of pyridine rings is 1. The summed E-state index contributed by atoms with van der Waals surface area (Å²) in [6, 6.07) is 11.0. The number of esters is 1. The van der Waals surface area contributed by atoms with Gasteiger partial charge in [-0.25, -0.2) is 4.79 Å². The number of fused-ring (bicyclic) bond motifs is 3. The van der Waals surface area contributed by atoms with Crippen LogP contribution in [0.3, 0.4) is 0 Å². The first-order chi connectivity index (χ1) is 13.1. The van der Waals surface area contributed by atoms with Crippen LogP contribution in [-0.4, -0.2) is 17.6 Å². The second-order valence-corrected chi connectivity index (χ2v) is 6.96. The Balaban J connectivity index is 2.04. The van der Waals surface area contributed by atoms with Gasteiger partial charge in [0.15, 0.2) is 0 Å². The molecule has 0 radical (unpaired) electrons. The summed E-state index contributed by atoms with van der Waals surface area (Å²) in [6.45, 7) is 1.90. The van der Waals surface area contributed by atoms with Gasteiger partial charge in [-0.2, -0.15) is 0 Å². The molecule has 4 rings (SSSR count). The summed E-state index contributed by atoms with van der Waals surface area (Å²) in [7, 11) is 0. The van der Waals surface area contributed by atoms with Crippen LogP contribution in [0.2, 0.25) is 0 Å². The standard InChI is InChI=1S/C20H16N2O4S/c1-2-25-19(23)16-14(11-6-5-9-22-10-11)15-17(26-18(16)21)12-7-3-4-8-13(12)27-20(15)24/h3-10,14H,2,21H2,1H3/t14-/m1/s1. The fraction of sp³-hybridized carbons (Fsp3) is 0.150. The molecule has 0 aliphatic carbocycles. The van der Waals surface area contributed by atoms with Crippen molar-refractivity contribution in [1.82, 2.24) is 4.98 Å². The zero-order valence-electron chi connectivity index (χ0n) is 14.5. The predicted molar refractivity (Wildman–Crippen MR) is 103 cm³/mol. The van der Waals surface area contributed by atoms with Crippen LogP contribution < -0.4 is 15.2 Å². The minimum atomic E-state index is -0.699. The van der Waals surface area contributed by atoms with Crippen LogP contribution in [-0.2, 0) is 9.53 Å². The van der Waals surface area contributed by atoms with E-state index in [0.717, 1.165) is 21.4 Å². The van der Waals surface area contributed by atoms with Gasteiger partial charge in [0.25, 0.3) is 0 Å². The van der Waals surface area contributed by atoms with Gasteiger partial charge in [-0.3, -0.25) is 9.78 Å². The Kier molecular flexibility index (Phi) is 4.37. The number of hydrogen-bond acceptors (Lipinski definition) is 7. The SMILES string of the molecule is CCOC(=O)C1=C(N)Oc2c(c(=O)sc3ccccc23)[C@H]1c1cccnc1. The Labute approximate surface area is 158 Å². The van der Waals surface area contributed by atoms with Crippen molar-refractivity contribution in [1.29, 1.82) is 0 Å². The van der Waals surface area contributed by atoms with Gasteiger partial charge >= 0.3 is 5.97 Å². The molecule has 2 N–H and O–H groups in total. The second-order valence-electron chi connectivity index (χ2n) is 5.95. The van der Waals surface area contributed by atoms with E-state index in [2.05, 4.69) is 4.98 Å². The van der Waals surface area contributed by atoms with Gasteiger partial charge in [-0.15, -0.1) is 0 Å². The highest BCUT2D eigenvalue weighted by atomic mass is 32.1. The van der Waals surface area contributed by atoms with Crippen molar-refractivity contribution in [3.8, 4) is 5.75 Å². The summed E-state index contributed by atoms with van der Waals surface area (Å²) in [6.07, 6.45) is 3.24. The topological polar surface area (TPSA) is 91.5 Å². The number of benzene rings is 1. The molecule has 6 nitrogen and oxygen atoms in total. The van der Waals surface area contributed by atoms with E-state index in [1.807, 2.05) is 24.3 Å². The normalized spacial score (nSPS) is 16.0. The predicted octanol–water partition coefficient (Wildman–Crippen LogP) is 2.91. The monoisotopic (exact) mass is 380 g/mol. The van der Waals surface area contributed by atoms with Crippen LogP contribution in [0, 0.1) is 0 Å². The fourth-order valence-corrected chi connectivity index (χ4v) is 4.19. The number of nitrogens with two attached hydrogens (primary N) is 1. The molecule has 0 amide bonds. The number of nitrogens with zero attached hydrogens (tertiary/aromatic N) is 1. The highest BCUT2D eigenvalue weighted by Crippen LogP contribution is 2.44. The molecule has 3 aromatic rings. The summed E-state index contributed by atoms with van der Waals surface area (Å²) in [5.74, 6) is -0.980. The van der Waals surface area contributed by atoms with E-state index in [1.165, 1.54) is 0 Å². The third-order valence-corrected chi connectivity index (χ3v) is 5.35. The lowest BCUT2D eigenvalue weighted by molar-refractivity contribution is -0.139. The molecule has 0 bridgehead atoms. The maximum absolute atomic E-state index is 13.0. The summed E-state index contributed by atoms with van der Waals surface area (Å²) in [4.78, 5) is 29.7. The maximum atomic E-state index is 13.0. The molecule has 3 heterocycles. The molecule has 136 valence electrons. The average molecular weight is 380 g/mol. The fourth-order valence-electron chi connectivity index (χ4n) is 3.25. The van der Waals surface area contributed by atoms with Crippen molar-refractivity contribution in [2.24, 2.45) is 5.73 Å². The molecule has 27 heavy (non-hydrogen) atoms. The average Bonchev–Trinajstić information content (AvgIpc) is 2.68. The van der Waals surface area contributed by atoms with Crippen molar-refractivity contribution in [3.05, 3.63) is 80.9 Å². The van der Waals surface area contributed by atoms with E-state index < -0.39 is 11.9 Å². The molecule has 0 unspecified atom stereocenters. The van der Waals surface area contributed by atoms with Crippen molar-refractivity contribution < 1.29 is 14.3 Å². The van der Waals surface area contributed by atoms with E-state index in [0.29, 0.717) is 16.9 Å². The summed E-state index contributed by atoms with van der Waals surface area (Å²) >= 11 is 1.11. The van der Waals surface area contributed by atoms with Crippen LogP contribution in [0.25, 0.3) is 10.1 Å². The summed E-state index contributed by atoms with van der Waals surface area (Å²) in [5, 5.41) is 0.775. The maximum Gasteiger partial charge on any atom is 0.340 e. The van der Waals surface area contributed by atoms with Crippen molar-refractivity contribution in [2.75, 3.05) is 6.61 Å². The van der Waals surface area contributed by atoms with Crippen LogP contribution in [0.4, 0.5) is 0 Å². The third kappa shape index (κ3) is 2.86. The van der Waals surface area contributed by atoms with Gasteiger partial charge in [0, 0.05) is 22.5 Å². The zero-order valence-corrected chi connectivity index (χ0v) is 15.3. The molecule has 1 aliphatic rings. The Morgan fingerprint density at radius 1 is 1.30 bits per heavy atom. The molecule has 0 spiro atoms.